The summed E-state index contributed by atoms with van der Waals surface area (Å²) in [6.07, 6.45) is 2.73. The number of hydrogen-bond acceptors (Lipinski definition) is 3. The summed E-state index contributed by atoms with van der Waals surface area (Å²) < 4.78 is 0. The first-order chi connectivity index (χ1) is 7.27. The maximum absolute atomic E-state index is 12.0. The quantitative estimate of drug-likeness (QED) is 0.699. The van der Waals surface area contributed by atoms with E-state index in [4.69, 9.17) is 0 Å². The maximum Gasteiger partial charge on any atom is 0.246 e. The highest BCUT2D eigenvalue weighted by Crippen LogP contribution is 2.14. The lowest BCUT2D eigenvalue weighted by Gasteiger charge is -2.22. The van der Waals surface area contributed by atoms with Crippen LogP contribution in [0.2, 0.25) is 0 Å². The van der Waals surface area contributed by atoms with Gasteiger partial charge in [0.15, 0.2) is 0 Å². The van der Waals surface area contributed by atoms with Crippen molar-refractivity contribution in [3.8, 4) is 0 Å². The lowest BCUT2D eigenvalue weighted by Crippen LogP contribution is -2.48. The molecule has 84 valence electrons. The molecule has 2 heterocycles. The number of nitrogens with zero attached hydrogens (tertiary/aromatic N) is 1. The second-order valence-corrected chi connectivity index (χ2v) is 5.13. The van der Waals surface area contributed by atoms with Crippen LogP contribution in [0, 0.1) is 0 Å². The van der Waals surface area contributed by atoms with Crippen LogP contribution in [0.3, 0.4) is 0 Å². The van der Waals surface area contributed by atoms with Crippen LogP contribution in [-0.4, -0.2) is 47.4 Å². The van der Waals surface area contributed by atoms with E-state index in [0.29, 0.717) is 6.42 Å². The molecule has 2 aliphatic rings. The van der Waals surface area contributed by atoms with Crippen molar-refractivity contribution in [2.24, 2.45) is 0 Å². The minimum absolute atomic E-state index is 0.0116. The smallest absolute Gasteiger partial charge is 0.246 e. The number of hydrogen-bond donors (Lipinski definition) is 1. The number of carbonyl (C=O) groups excluding carboxylic acids is 2. The average Bonchev–Trinajstić information content (AvgIpc) is 2.67. The lowest BCUT2D eigenvalue weighted by atomic mass is 10.2. The molecule has 0 aromatic carbocycles. The van der Waals surface area contributed by atoms with E-state index in [1.165, 1.54) is 0 Å². The Bertz CT molecular complexity index is 264. The lowest BCUT2D eigenvalue weighted by molar-refractivity contribution is -0.134. The predicted octanol–water partition coefficient (Wildman–Crippen LogP) is 0.231. The van der Waals surface area contributed by atoms with Crippen LogP contribution in [0.25, 0.3) is 0 Å². The molecular formula is C10H16N2O2S. The summed E-state index contributed by atoms with van der Waals surface area (Å²) in [5.41, 5.74) is 0. The molecule has 0 aromatic rings. The van der Waals surface area contributed by atoms with Crippen LogP contribution >= 0.6 is 11.8 Å². The van der Waals surface area contributed by atoms with E-state index in [1.807, 2.05) is 4.90 Å². The summed E-state index contributed by atoms with van der Waals surface area (Å²) in [6.45, 7) is 1.71. The fraction of sp³-hybridized carbons (Fsp3) is 0.800. The molecule has 2 amide bonds. The second kappa shape index (κ2) is 4.88. The number of amides is 2. The molecule has 0 radical (unpaired) electrons. The molecule has 2 saturated heterocycles. The summed E-state index contributed by atoms with van der Waals surface area (Å²) in [5, 5.41) is 2.80. The molecule has 0 saturated carbocycles. The molecule has 0 unspecified atom stereocenters. The molecule has 4 nitrogen and oxygen atoms in total. The predicted molar refractivity (Wildman–Crippen MR) is 59.7 cm³/mol. The largest absolute Gasteiger partial charge is 0.343 e. The normalized spacial score (nSPS) is 27.3. The van der Waals surface area contributed by atoms with Gasteiger partial charge in [0.25, 0.3) is 0 Å². The van der Waals surface area contributed by atoms with Crippen molar-refractivity contribution < 1.29 is 9.59 Å². The molecule has 0 aliphatic carbocycles. The van der Waals surface area contributed by atoms with Gasteiger partial charge < -0.3 is 10.2 Å². The van der Waals surface area contributed by atoms with E-state index in [-0.39, 0.29) is 17.9 Å². The zero-order chi connectivity index (χ0) is 10.7. The zero-order valence-electron chi connectivity index (χ0n) is 8.70. The molecule has 0 bridgehead atoms. The third-order valence-corrected chi connectivity index (χ3v) is 3.87. The first kappa shape index (κ1) is 10.8. The van der Waals surface area contributed by atoms with E-state index in [0.717, 1.165) is 37.4 Å². The van der Waals surface area contributed by atoms with E-state index in [1.54, 1.807) is 11.8 Å². The standard InChI is InChI=1S/C10H16N2O2S/c13-9-3-6-15-7-8(11-9)10(14)12-4-1-2-5-12/h8H,1-7H2,(H,11,13)/t8-/m1/s1. The van der Waals surface area contributed by atoms with Gasteiger partial charge in [0.1, 0.15) is 6.04 Å². The molecule has 15 heavy (non-hydrogen) atoms. The first-order valence-electron chi connectivity index (χ1n) is 5.43. The van der Waals surface area contributed by atoms with Crippen molar-refractivity contribution in [3.05, 3.63) is 0 Å². The first-order valence-corrected chi connectivity index (χ1v) is 6.59. The van der Waals surface area contributed by atoms with Crippen molar-refractivity contribution in [3.63, 3.8) is 0 Å². The van der Waals surface area contributed by atoms with Crippen LogP contribution in [0.4, 0.5) is 0 Å². The van der Waals surface area contributed by atoms with Gasteiger partial charge >= 0.3 is 0 Å². The number of likely N-dealkylation sites (tertiary alicyclic amines) is 1. The Morgan fingerprint density at radius 2 is 2.13 bits per heavy atom. The molecule has 5 heteroatoms. The fourth-order valence-electron chi connectivity index (χ4n) is 1.97. The van der Waals surface area contributed by atoms with Crippen LogP contribution in [-0.2, 0) is 9.59 Å². The summed E-state index contributed by atoms with van der Waals surface area (Å²) >= 11 is 1.68. The van der Waals surface area contributed by atoms with Gasteiger partial charge in [-0.1, -0.05) is 0 Å². The van der Waals surface area contributed by atoms with Gasteiger partial charge in [-0.3, -0.25) is 9.59 Å². The number of thioether (sulfide) groups is 1. The molecule has 2 fully saturated rings. The Morgan fingerprint density at radius 1 is 1.40 bits per heavy atom. The minimum atomic E-state index is -0.289. The van der Waals surface area contributed by atoms with E-state index in [2.05, 4.69) is 5.32 Å². The molecule has 0 aromatic heterocycles. The molecule has 1 atom stereocenters. The zero-order valence-corrected chi connectivity index (χ0v) is 9.52. The van der Waals surface area contributed by atoms with Crippen LogP contribution in [0.5, 0.6) is 0 Å². The molecule has 2 aliphatic heterocycles. The molecule has 0 spiro atoms. The second-order valence-electron chi connectivity index (χ2n) is 3.98. The summed E-state index contributed by atoms with van der Waals surface area (Å²) in [6, 6.07) is -0.289. The minimum Gasteiger partial charge on any atom is -0.343 e. The van der Waals surface area contributed by atoms with E-state index in [9.17, 15) is 9.59 Å². The number of rotatable bonds is 1. The SMILES string of the molecule is O=C1CCSC[C@H](C(=O)N2CCCC2)N1. The molecular weight excluding hydrogens is 212 g/mol. The molecule has 1 N–H and O–H groups in total. The fourth-order valence-corrected chi connectivity index (χ4v) is 2.92. The van der Waals surface area contributed by atoms with Gasteiger partial charge in [-0.05, 0) is 12.8 Å². The van der Waals surface area contributed by atoms with E-state index >= 15 is 0 Å². The van der Waals surface area contributed by atoms with Crippen molar-refractivity contribution in [2.45, 2.75) is 25.3 Å². The topological polar surface area (TPSA) is 49.4 Å². The van der Waals surface area contributed by atoms with Crippen LogP contribution < -0.4 is 5.32 Å². The average molecular weight is 228 g/mol. The third-order valence-electron chi connectivity index (χ3n) is 2.81. The van der Waals surface area contributed by atoms with E-state index < -0.39 is 0 Å². The van der Waals surface area contributed by atoms with Gasteiger partial charge in [0.05, 0.1) is 0 Å². The summed E-state index contributed by atoms with van der Waals surface area (Å²) in [7, 11) is 0. The summed E-state index contributed by atoms with van der Waals surface area (Å²) in [5.74, 6) is 1.67. The van der Waals surface area contributed by atoms with Crippen molar-refractivity contribution in [2.75, 3.05) is 24.6 Å². The number of carbonyl (C=O) groups is 2. The third kappa shape index (κ3) is 2.65. The van der Waals surface area contributed by atoms with Crippen LogP contribution in [0.1, 0.15) is 19.3 Å². The van der Waals surface area contributed by atoms with Crippen LogP contribution in [0.15, 0.2) is 0 Å². The molecule has 2 rings (SSSR count). The Morgan fingerprint density at radius 3 is 2.87 bits per heavy atom. The monoisotopic (exact) mass is 228 g/mol. The number of nitrogens with one attached hydrogen (secondary N) is 1. The Labute approximate surface area is 93.8 Å². The van der Waals surface area contributed by atoms with Crippen molar-refractivity contribution >= 4 is 23.6 Å². The Balaban J connectivity index is 1.95. The van der Waals surface area contributed by atoms with Gasteiger partial charge in [-0.25, -0.2) is 0 Å². The maximum atomic E-state index is 12.0. The van der Waals surface area contributed by atoms with Crippen molar-refractivity contribution in [1.29, 1.82) is 0 Å². The van der Waals surface area contributed by atoms with Gasteiger partial charge in [-0.15, -0.1) is 0 Å². The Hall–Kier alpha value is -0.710. The van der Waals surface area contributed by atoms with Gasteiger partial charge in [-0.2, -0.15) is 11.8 Å². The highest BCUT2D eigenvalue weighted by Gasteiger charge is 2.28. The van der Waals surface area contributed by atoms with Gasteiger partial charge in [0.2, 0.25) is 11.8 Å². The highest BCUT2D eigenvalue weighted by molar-refractivity contribution is 7.99. The highest BCUT2D eigenvalue weighted by atomic mass is 32.2. The van der Waals surface area contributed by atoms with Gasteiger partial charge in [0, 0.05) is 31.0 Å². The Kier molecular flexibility index (Phi) is 3.51. The van der Waals surface area contributed by atoms with Crippen molar-refractivity contribution in [1.82, 2.24) is 10.2 Å². The summed E-state index contributed by atoms with van der Waals surface area (Å²) in [4.78, 5) is 25.2.